The smallest absolute Gasteiger partial charge is 0.257 e. The van der Waals surface area contributed by atoms with E-state index in [2.05, 4.69) is 16.8 Å². The fourth-order valence-electron chi connectivity index (χ4n) is 3.53. The third-order valence-electron chi connectivity index (χ3n) is 4.88. The van der Waals surface area contributed by atoms with Crippen LogP contribution in [-0.4, -0.2) is 51.5 Å². The third kappa shape index (κ3) is 4.17. The molecule has 1 saturated heterocycles. The zero-order valence-electron chi connectivity index (χ0n) is 14.6. The number of phenols is 1. The second-order valence-corrected chi connectivity index (χ2v) is 6.48. The van der Waals surface area contributed by atoms with Gasteiger partial charge in [0.2, 0.25) is 0 Å². The molecule has 2 heterocycles. The van der Waals surface area contributed by atoms with Gasteiger partial charge < -0.3 is 10.0 Å². The van der Waals surface area contributed by atoms with Crippen LogP contribution in [0.4, 0.5) is 0 Å². The van der Waals surface area contributed by atoms with Crippen LogP contribution in [0.2, 0.25) is 0 Å². The number of pyridine rings is 1. The van der Waals surface area contributed by atoms with Crippen molar-refractivity contribution in [1.29, 1.82) is 0 Å². The summed E-state index contributed by atoms with van der Waals surface area (Å²) < 4.78 is 0. The van der Waals surface area contributed by atoms with Crippen LogP contribution in [0.3, 0.4) is 0 Å². The second kappa shape index (κ2) is 8.12. The number of carbonyl (C=O) groups excluding carboxylic acids is 1. The van der Waals surface area contributed by atoms with Crippen LogP contribution in [0.1, 0.15) is 35.7 Å². The Morgan fingerprint density at radius 2 is 2.04 bits per heavy atom. The minimum Gasteiger partial charge on any atom is -0.507 e. The molecule has 5 heteroatoms. The van der Waals surface area contributed by atoms with E-state index >= 15 is 0 Å². The summed E-state index contributed by atoms with van der Waals surface area (Å²) in [5, 5.41) is 10.1. The number of benzene rings is 1. The van der Waals surface area contributed by atoms with Crippen LogP contribution in [0, 0.1) is 0 Å². The molecule has 1 aromatic heterocycles. The summed E-state index contributed by atoms with van der Waals surface area (Å²) in [7, 11) is 0. The van der Waals surface area contributed by atoms with Crippen LogP contribution in [0.5, 0.6) is 5.75 Å². The average molecular weight is 339 g/mol. The molecule has 3 rings (SSSR count). The first-order chi connectivity index (χ1) is 12.2. The lowest BCUT2D eigenvalue weighted by Crippen LogP contribution is -2.42. The molecule has 5 nitrogen and oxygen atoms in total. The fraction of sp³-hybridized carbons (Fsp3) is 0.400. The van der Waals surface area contributed by atoms with Gasteiger partial charge in [0.05, 0.1) is 5.56 Å². The number of carbonyl (C=O) groups is 1. The van der Waals surface area contributed by atoms with Crippen LogP contribution < -0.4 is 0 Å². The van der Waals surface area contributed by atoms with E-state index < -0.39 is 0 Å². The quantitative estimate of drug-likeness (QED) is 0.879. The molecule has 0 spiro atoms. The summed E-state index contributed by atoms with van der Waals surface area (Å²) in [6.07, 6.45) is 5.76. The van der Waals surface area contributed by atoms with Gasteiger partial charge in [-0.25, -0.2) is 0 Å². The van der Waals surface area contributed by atoms with E-state index in [0.717, 1.165) is 25.1 Å². The Kier molecular flexibility index (Phi) is 5.66. The first-order valence-corrected chi connectivity index (χ1v) is 8.89. The van der Waals surface area contributed by atoms with E-state index in [-0.39, 0.29) is 11.7 Å². The molecule has 1 aliphatic rings. The van der Waals surface area contributed by atoms with Crippen LogP contribution in [-0.2, 0) is 6.54 Å². The maximum Gasteiger partial charge on any atom is 0.257 e. The van der Waals surface area contributed by atoms with Crippen molar-refractivity contribution in [1.82, 2.24) is 14.8 Å². The molecule has 1 aliphatic heterocycles. The summed E-state index contributed by atoms with van der Waals surface area (Å²) in [4.78, 5) is 21.4. The second-order valence-electron chi connectivity index (χ2n) is 6.48. The molecule has 1 N–H and O–H groups in total. The van der Waals surface area contributed by atoms with Gasteiger partial charge >= 0.3 is 0 Å². The highest BCUT2D eigenvalue weighted by Crippen LogP contribution is 2.23. The number of aromatic hydroxyl groups is 1. The lowest BCUT2D eigenvalue weighted by molar-refractivity contribution is 0.0689. The zero-order chi connectivity index (χ0) is 17.6. The number of nitrogens with zero attached hydrogens (tertiary/aromatic N) is 3. The topological polar surface area (TPSA) is 56.7 Å². The van der Waals surface area contributed by atoms with Gasteiger partial charge in [-0.2, -0.15) is 0 Å². The molecule has 1 atom stereocenters. The summed E-state index contributed by atoms with van der Waals surface area (Å²) in [6.45, 7) is 5.44. The van der Waals surface area contributed by atoms with E-state index in [1.54, 1.807) is 36.7 Å². The van der Waals surface area contributed by atoms with Crippen molar-refractivity contribution in [2.45, 2.75) is 32.4 Å². The van der Waals surface area contributed by atoms with Gasteiger partial charge in [-0.15, -0.1) is 0 Å². The number of phenolic OH excluding ortho intramolecular Hbond substituents is 1. The van der Waals surface area contributed by atoms with Gasteiger partial charge in [-0.1, -0.05) is 19.1 Å². The first-order valence-electron chi connectivity index (χ1n) is 8.89. The highest BCUT2D eigenvalue weighted by atomic mass is 16.3. The molecular formula is C20H25N3O2. The highest BCUT2D eigenvalue weighted by Gasteiger charge is 2.28. The minimum absolute atomic E-state index is 0.0333. The summed E-state index contributed by atoms with van der Waals surface area (Å²) in [6, 6.07) is 11.0. The van der Waals surface area contributed by atoms with E-state index in [4.69, 9.17) is 0 Å². The largest absolute Gasteiger partial charge is 0.507 e. The molecule has 1 amide bonds. The van der Waals surface area contributed by atoms with Gasteiger partial charge in [0.1, 0.15) is 5.75 Å². The molecule has 0 aliphatic carbocycles. The zero-order valence-corrected chi connectivity index (χ0v) is 14.6. The maximum absolute atomic E-state index is 13.1. The fourth-order valence-corrected chi connectivity index (χ4v) is 3.53. The van der Waals surface area contributed by atoms with Gasteiger partial charge in [0, 0.05) is 31.5 Å². The standard InChI is InChI=1S/C20H25N3O2/c1-2-22-13-5-6-17(22)15-23(14-16-9-11-21-12-10-16)20(25)18-7-3-4-8-19(18)24/h3-4,7-12,17,24H,2,5-6,13-15H2,1H3/t17-/m0/s1. The molecule has 0 saturated carbocycles. The lowest BCUT2D eigenvalue weighted by atomic mass is 10.1. The number of amides is 1. The number of para-hydroxylation sites is 1. The van der Waals surface area contributed by atoms with Crippen molar-refractivity contribution in [3.05, 3.63) is 59.9 Å². The van der Waals surface area contributed by atoms with Crippen LogP contribution in [0.15, 0.2) is 48.8 Å². The van der Waals surface area contributed by atoms with Crippen molar-refractivity contribution < 1.29 is 9.90 Å². The first kappa shape index (κ1) is 17.4. The van der Waals surface area contributed by atoms with E-state index in [1.165, 1.54) is 6.42 Å². The van der Waals surface area contributed by atoms with Crippen molar-refractivity contribution >= 4 is 5.91 Å². The molecular weight excluding hydrogens is 314 g/mol. The van der Waals surface area contributed by atoms with Gasteiger partial charge in [0.25, 0.3) is 5.91 Å². The van der Waals surface area contributed by atoms with Crippen LogP contribution >= 0.6 is 0 Å². The van der Waals surface area contributed by atoms with E-state index in [1.807, 2.05) is 17.0 Å². The summed E-state index contributed by atoms with van der Waals surface area (Å²) in [5.41, 5.74) is 1.40. The van der Waals surface area contributed by atoms with Gasteiger partial charge in [-0.05, 0) is 55.8 Å². The molecule has 1 aromatic carbocycles. The highest BCUT2D eigenvalue weighted by molar-refractivity contribution is 5.96. The molecule has 132 valence electrons. The Balaban J connectivity index is 1.83. The number of hydrogen-bond acceptors (Lipinski definition) is 4. The van der Waals surface area contributed by atoms with Crippen molar-refractivity contribution in [3.63, 3.8) is 0 Å². The SMILES string of the molecule is CCN1CCC[C@H]1CN(Cc1ccncc1)C(=O)c1ccccc1O. The number of likely N-dealkylation sites (tertiary alicyclic amines) is 1. The Hall–Kier alpha value is -2.40. The van der Waals surface area contributed by atoms with Crippen molar-refractivity contribution in [2.75, 3.05) is 19.6 Å². The molecule has 2 aromatic rings. The van der Waals surface area contributed by atoms with Gasteiger partial charge in [-0.3, -0.25) is 14.7 Å². The predicted octanol–water partition coefficient (Wildman–Crippen LogP) is 2.91. The molecule has 25 heavy (non-hydrogen) atoms. The number of aromatic nitrogens is 1. The monoisotopic (exact) mass is 339 g/mol. The predicted molar refractivity (Wildman–Crippen MR) is 97.4 cm³/mol. The summed E-state index contributed by atoms with van der Waals surface area (Å²) >= 11 is 0. The molecule has 0 bridgehead atoms. The Morgan fingerprint density at radius 1 is 1.28 bits per heavy atom. The Labute approximate surface area is 148 Å². The van der Waals surface area contributed by atoms with E-state index in [9.17, 15) is 9.90 Å². The summed E-state index contributed by atoms with van der Waals surface area (Å²) in [5.74, 6) is -0.0936. The van der Waals surface area contributed by atoms with Crippen LogP contribution in [0.25, 0.3) is 0 Å². The number of rotatable bonds is 6. The van der Waals surface area contributed by atoms with Crippen molar-refractivity contribution in [3.8, 4) is 5.75 Å². The van der Waals surface area contributed by atoms with E-state index in [0.29, 0.717) is 24.7 Å². The lowest BCUT2D eigenvalue weighted by Gasteiger charge is -2.30. The Bertz CT molecular complexity index is 705. The molecule has 0 radical (unpaired) electrons. The average Bonchev–Trinajstić information content (AvgIpc) is 3.09. The normalized spacial score (nSPS) is 17.6. The number of hydrogen-bond donors (Lipinski definition) is 1. The maximum atomic E-state index is 13.1. The third-order valence-corrected chi connectivity index (χ3v) is 4.88. The molecule has 0 unspecified atom stereocenters. The van der Waals surface area contributed by atoms with Gasteiger partial charge in [0.15, 0.2) is 0 Å². The van der Waals surface area contributed by atoms with Crippen molar-refractivity contribution in [2.24, 2.45) is 0 Å². The molecule has 1 fully saturated rings. The number of likely N-dealkylation sites (N-methyl/N-ethyl adjacent to an activating group) is 1. The minimum atomic E-state index is -0.127. The Morgan fingerprint density at radius 3 is 2.76 bits per heavy atom.